The molecule has 3 N–H and O–H groups in total. The van der Waals surface area contributed by atoms with Crippen molar-refractivity contribution in [2.24, 2.45) is 5.92 Å². The summed E-state index contributed by atoms with van der Waals surface area (Å²) in [5.74, 6) is 2.24. The number of aliphatic hydroxyl groups excluding tert-OH is 1. The smallest absolute Gasteiger partial charge is 0.252 e. The molecule has 1 aromatic heterocycles. The van der Waals surface area contributed by atoms with Crippen molar-refractivity contribution in [1.82, 2.24) is 9.97 Å². The Kier molecular flexibility index (Phi) is 4.01. The second kappa shape index (κ2) is 5.52. The van der Waals surface area contributed by atoms with Gasteiger partial charge in [-0.15, -0.1) is 0 Å². The molecular formula is C13H21N3O2. The van der Waals surface area contributed by atoms with Crippen LogP contribution in [0.1, 0.15) is 44.9 Å². The Morgan fingerprint density at radius 1 is 1.56 bits per heavy atom. The zero-order valence-corrected chi connectivity index (χ0v) is 10.9. The highest BCUT2D eigenvalue weighted by atomic mass is 16.3. The van der Waals surface area contributed by atoms with Crippen LogP contribution < -0.4 is 10.9 Å². The number of rotatable bonds is 6. The van der Waals surface area contributed by atoms with E-state index in [1.807, 2.05) is 0 Å². The van der Waals surface area contributed by atoms with Crippen LogP contribution in [0, 0.1) is 5.92 Å². The van der Waals surface area contributed by atoms with E-state index in [9.17, 15) is 9.90 Å². The highest BCUT2D eigenvalue weighted by molar-refractivity contribution is 5.35. The largest absolute Gasteiger partial charge is 0.394 e. The van der Waals surface area contributed by atoms with E-state index in [1.165, 1.54) is 6.07 Å². The molecule has 0 amide bonds. The number of hydrogen-bond donors (Lipinski definition) is 3. The number of nitrogens with zero attached hydrogens (tertiary/aromatic N) is 1. The molecule has 0 bridgehead atoms. The molecule has 1 aromatic rings. The monoisotopic (exact) mass is 251 g/mol. The first-order valence-corrected chi connectivity index (χ1v) is 6.57. The van der Waals surface area contributed by atoms with Gasteiger partial charge in [0.15, 0.2) is 0 Å². The Hall–Kier alpha value is -1.36. The summed E-state index contributed by atoms with van der Waals surface area (Å²) in [6, 6.07) is 1.40. The first kappa shape index (κ1) is 13.1. The number of anilines is 1. The zero-order chi connectivity index (χ0) is 13.1. The molecule has 5 nitrogen and oxygen atoms in total. The predicted octanol–water partition coefficient (Wildman–Crippen LogP) is 1.47. The van der Waals surface area contributed by atoms with Gasteiger partial charge in [-0.05, 0) is 25.2 Å². The quantitative estimate of drug-likeness (QED) is 0.715. The molecule has 0 saturated heterocycles. The van der Waals surface area contributed by atoms with E-state index in [0.717, 1.165) is 25.1 Å². The third-order valence-corrected chi connectivity index (χ3v) is 3.05. The molecule has 0 aliphatic heterocycles. The van der Waals surface area contributed by atoms with Gasteiger partial charge >= 0.3 is 0 Å². The van der Waals surface area contributed by atoms with Crippen LogP contribution in [0.15, 0.2) is 10.9 Å². The van der Waals surface area contributed by atoms with E-state index in [1.54, 1.807) is 0 Å². The SMILES string of the molecule is CC(C)CC(CO)Nc1cc(=O)[nH]c(C2CC2)n1. The van der Waals surface area contributed by atoms with Gasteiger partial charge in [-0.3, -0.25) is 4.79 Å². The number of aromatic amines is 1. The third-order valence-electron chi connectivity index (χ3n) is 3.05. The summed E-state index contributed by atoms with van der Waals surface area (Å²) in [7, 11) is 0. The number of aliphatic hydroxyl groups is 1. The summed E-state index contributed by atoms with van der Waals surface area (Å²) in [5.41, 5.74) is -0.129. The molecule has 1 unspecified atom stereocenters. The van der Waals surface area contributed by atoms with Crippen LogP contribution in [0.4, 0.5) is 5.82 Å². The molecule has 1 saturated carbocycles. The number of aromatic nitrogens is 2. The van der Waals surface area contributed by atoms with Crippen LogP contribution in [0.3, 0.4) is 0 Å². The molecule has 18 heavy (non-hydrogen) atoms. The van der Waals surface area contributed by atoms with Gasteiger partial charge in [0.25, 0.3) is 5.56 Å². The van der Waals surface area contributed by atoms with Crippen molar-refractivity contribution in [2.75, 3.05) is 11.9 Å². The average Bonchev–Trinajstić information content (AvgIpc) is 3.10. The topological polar surface area (TPSA) is 78.0 Å². The van der Waals surface area contributed by atoms with Crippen LogP contribution in [0.2, 0.25) is 0 Å². The van der Waals surface area contributed by atoms with E-state index in [-0.39, 0.29) is 18.2 Å². The maximum Gasteiger partial charge on any atom is 0.252 e. The van der Waals surface area contributed by atoms with E-state index in [2.05, 4.69) is 29.1 Å². The Balaban J connectivity index is 2.09. The van der Waals surface area contributed by atoms with Crippen LogP contribution in [-0.2, 0) is 0 Å². The fourth-order valence-electron chi connectivity index (χ4n) is 2.06. The van der Waals surface area contributed by atoms with Crippen molar-refractivity contribution in [3.63, 3.8) is 0 Å². The molecular weight excluding hydrogens is 230 g/mol. The highest BCUT2D eigenvalue weighted by Crippen LogP contribution is 2.37. The van der Waals surface area contributed by atoms with Crippen LogP contribution >= 0.6 is 0 Å². The van der Waals surface area contributed by atoms with Gasteiger partial charge in [-0.25, -0.2) is 4.98 Å². The predicted molar refractivity (Wildman–Crippen MR) is 70.8 cm³/mol. The molecule has 2 rings (SSSR count). The maximum absolute atomic E-state index is 11.5. The van der Waals surface area contributed by atoms with Crippen molar-refractivity contribution in [3.05, 3.63) is 22.2 Å². The molecule has 1 fully saturated rings. The molecule has 100 valence electrons. The lowest BCUT2D eigenvalue weighted by Crippen LogP contribution is -2.27. The third kappa shape index (κ3) is 3.57. The summed E-state index contributed by atoms with van der Waals surface area (Å²) in [5, 5.41) is 12.5. The van der Waals surface area contributed by atoms with Crippen molar-refractivity contribution in [2.45, 2.75) is 45.1 Å². The fraction of sp³-hybridized carbons (Fsp3) is 0.692. The van der Waals surface area contributed by atoms with Crippen molar-refractivity contribution in [3.8, 4) is 0 Å². The normalized spacial score (nSPS) is 16.9. The van der Waals surface area contributed by atoms with Gasteiger partial charge in [0.05, 0.1) is 12.6 Å². The maximum atomic E-state index is 11.5. The Labute approximate surface area is 107 Å². The standard InChI is InChI=1S/C13H21N3O2/c1-8(2)5-10(7-17)14-11-6-12(18)16-13(15-11)9-3-4-9/h6,8-10,17H,3-5,7H2,1-2H3,(H2,14,15,16,18). The number of H-pyrrole nitrogens is 1. The van der Waals surface area contributed by atoms with Crippen LogP contribution in [-0.4, -0.2) is 27.7 Å². The summed E-state index contributed by atoms with van der Waals surface area (Å²) in [6.45, 7) is 4.25. The van der Waals surface area contributed by atoms with Gasteiger partial charge in [-0.2, -0.15) is 0 Å². The first-order chi connectivity index (χ1) is 8.58. The number of hydrogen-bond acceptors (Lipinski definition) is 4. The Bertz CT molecular complexity index is 452. The van der Waals surface area contributed by atoms with E-state index >= 15 is 0 Å². The van der Waals surface area contributed by atoms with Crippen LogP contribution in [0.25, 0.3) is 0 Å². The van der Waals surface area contributed by atoms with E-state index in [4.69, 9.17) is 0 Å². The van der Waals surface area contributed by atoms with E-state index in [0.29, 0.717) is 17.7 Å². The minimum absolute atomic E-state index is 0.0470. The van der Waals surface area contributed by atoms with Crippen molar-refractivity contribution >= 4 is 5.82 Å². The zero-order valence-electron chi connectivity index (χ0n) is 10.9. The lowest BCUT2D eigenvalue weighted by molar-refractivity contribution is 0.259. The second-order valence-corrected chi connectivity index (χ2v) is 5.44. The van der Waals surface area contributed by atoms with Gasteiger partial charge in [0.1, 0.15) is 11.6 Å². The van der Waals surface area contributed by atoms with Crippen molar-refractivity contribution < 1.29 is 5.11 Å². The molecule has 1 atom stereocenters. The Morgan fingerprint density at radius 3 is 2.83 bits per heavy atom. The van der Waals surface area contributed by atoms with Gasteiger partial charge in [0.2, 0.25) is 0 Å². The van der Waals surface area contributed by atoms with Crippen molar-refractivity contribution in [1.29, 1.82) is 0 Å². The molecule has 5 heteroatoms. The second-order valence-electron chi connectivity index (χ2n) is 5.44. The fourth-order valence-corrected chi connectivity index (χ4v) is 2.06. The average molecular weight is 251 g/mol. The minimum Gasteiger partial charge on any atom is -0.394 e. The van der Waals surface area contributed by atoms with E-state index < -0.39 is 0 Å². The summed E-state index contributed by atoms with van der Waals surface area (Å²) in [4.78, 5) is 18.7. The molecule has 1 heterocycles. The number of nitrogens with one attached hydrogen (secondary N) is 2. The summed E-state index contributed by atoms with van der Waals surface area (Å²) >= 11 is 0. The minimum atomic E-state index is -0.129. The lowest BCUT2D eigenvalue weighted by Gasteiger charge is -2.18. The molecule has 0 radical (unpaired) electrons. The highest BCUT2D eigenvalue weighted by Gasteiger charge is 2.26. The lowest BCUT2D eigenvalue weighted by atomic mass is 10.0. The summed E-state index contributed by atoms with van der Waals surface area (Å²) in [6.07, 6.45) is 3.05. The molecule has 1 aliphatic carbocycles. The summed E-state index contributed by atoms with van der Waals surface area (Å²) < 4.78 is 0. The van der Waals surface area contributed by atoms with Gasteiger partial charge in [0, 0.05) is 12.0 Å². The van der Waals surface area contributed by atoms with Crippen LogP contribution in [0.5, 0.6) is 0 Å². The first-order valence-electron chi connectivity index (χ1n) is 6.57. The Morgan fingerprint density at radius 2 is 2.28 bits per heavy atom. The van der Waals surface area contributed by atoms with Gasteiger partial charge in [-0.1, -0.05) is 13.8 Å². The van der Waals surface area contributed by atoms with Gasteiger partial charge < -0.3 is 15.4 Å². The molecule has 0 aromatic carbocycles. The molecule has 0 spiro atoms. The molecule has 1 aliphatic rings.